The summed E-state index contributed by atoms with van der Waals surface area (Å²) in [4.78, 5) is 0. The van der Waals surface area contributed by atoms with Crippen molar-refractivity contribution in [2.75, 3.05) is 0 Å². The molecule has 2 N–H and O–H groups in total. The van der Waals surface area contributed by atoms with Crippen molar-refractivity contribution in [3.05, 3.63) is 53.9 Å². The van der Waals surface area contributed by atoms with Crippen molar-refractivity contribution in [2.45, 2.75) is 25.9 Å². The topological polar surface area (TPSA) is 43.8 Å². The third-order valence-corrected chi connectivity index (χ3v) is 2.76. The molecule has 16 heavy (non-hydrogen) atoms. The first-order valence-corrected chi connectivity index (χ1v) is 5.61. The Hall–Kier alpha value is -1.61. The number of aromatic nitrogens is 2. The van der Waals surface area contributed by atoms with Gasteiger partial charge in [0.1, 0.15) is 0 Å². The molecule has 0 aliphatic rings. The van der Waals surface area contributed by atoms with Crippen LogP contribution >= 0.6 is 0 Å². The minimum atomic E-state index is 0.00538. The minimum absolute atomic E-state index is 0.00538. The summed E-state index contributed by atoms with van der Waals surface area (Å²) < 4.78 is 1.86. The van der Waals surface area contributed by atoms with Gasteiger partial charge in [-0.05, 0) is 23.6 Å². The minimum Gasteiger partial charge on any atom is -0.322 e. The van der Waals surface area contributed by atoms with Gasteiger partial charge in [0.15, 0.2) is 0 Å². The van der Waals surface area contributed by atoms with Gasteiger partial charge >= 0.3 is 0 Å². The lowest BCUT2D eigenvalue weighted by Crippen LogP contribution is -2.17. The highest BCUT2D eigenvalue weighted by atomic mass is 15.3. The third kappa shape index (κ3) is 2.49. The van der Waals surface area contributed by atoms with E-state index in [-0.39, 0.29) is 6.04 Å². The molecular weight excluding hydrogens is 198 g/mol. The van der Waals surface area contributed by atoms with Crippen molar-refractivity contribution in [3.8, 4) is 0 Å². The second kappa shape index (κ2) is 4.94. The lowest BCUT2D eigenvalue weighted by Gasteiger charge is -2.12. The second-order valence-electron chi connectivity index (χ2n) is 3.93. The van der Waals surface area contributed by atoms with Gasteiger partial charge in [0.05, 0.1) is 6.54 Å². The summed E-state index contributed by atoms with van der Waals surface area (Å²) in [6, 6.07) is 10.4. The van der Waals surface area contributed by atoms with Gasteiger partial charge in [0.25, 0.3) is 0 Å². The average Bonchev–Trinajstić information content (AvgIpc) is 2.82. The molecule has 84 valence electrons. The van der Waals surface area contributed by atoms with E-state index >= 15 is 0 Å². The van der Waals surface area contributed by atoms with Crippen LogP contribution in [0.5, 0.6) is 0 Å². The van der Waals surface area contributed by atoms with Crippen LogP contribution in [0.3, 0.4) is 0 Å². The van der Waals surface area contributed by atoms with Crippen LogP contribution in [0.15, 0.2) is 42.7 Å². The average molecular weight is 215 g/mol. The molecule has 0 aliphatic heterocycles. The van der Waals surface area contributed by atoms with E-state index in [9.17, 15) is 0 Å². The Morgan fingerprint density at radius 2 is 2.06 bits per heavy atom. The normalized spacial score (nSPS) is 12.6. The van der Waals surface area contributed by atoms with E-state index in [0.29, 0.717) is 0 Å². The van der Waals surface area contributed by atoms with Crippen LogP contribution in [0.2, 0.25) is 0 Å². The largest absolute Gasteiger partial charge is 0.322 e. The number of hydrogen-bond donors (Lipinski definition) is 1. The molecule has 0 radical (unpaired) electrons. The quantitative estimate of drug-likeness (QED) is 0.849. The first-order valence-electron chi connectivity index (χ1n) is 5.61. The Morgan fingerprint density at radius 1 is 1.31 bits per heavy atom. The van der Waals surface area contributed by atoms with Crippen LogP contribution < -0.4 is 5.73 Å². The predicted octanol–water partition coefficient (Wildman–Crippen LogP) is 2.15. The molecule has 2 rings (SSSR count). The molecule has 2 aromatic rings. The zero-order valence-electron chi connectivity index (χ0n) is 9.50. The maximum absolute atomic E-state index is 6.12. The van der Waals surface area contributed by atoms with Crippen molar-refractivity contribution >= 4 is 0 Å². The van der Waals surface area contributed by atoms with Gasteiger partial charge in [-0.15, -0.1) is 0 Å². The summed E-state index contributed by atoms with van der Waals surface area (Å²) in [5, 5.41) is 4.15. The Balaban J connectivity index is 2.05. The van der Waals surface area contributed by atoms with Crippen LogP contribution in [0, 0.1) is 0 Å². The molecule has 3 nitrogen and oxygen atoms in total. The smallest absolute Gasteiger partial charge is 0.0602 e. The molecule has 0 spiro atoms. The lowest BCUT2D eigenvalue weighted by molar-refractivity contribution is 0.527. The van der Waals surface area contributed by atoms with Gasteiger partial charge in [0, 0.05) is 18.4 Å². The van der Waals surface area contributed by atoms with E-state index in [1.807, 2.05) is 16.9 Å². The van der Waals surface area contributed by atoms with Gasteiger partial charge in [-0.25, -0.2) is 0 Å². The maximum atomic E-state index is 6.12. The van der Waals surface area contributed by atoms with Gasteiger partial charge in [-0.1, -0.05) is 31.2 Å². The summed E-state index contributed by atoms with van der Waals surface area (Å²) in [6.07, 6.45) is 4.77. The molecular formula is C13H17N3. The molecule has 0 aliphatic carbocycles. The second-order valence-corrected chi connectivity index (χ2v) is 3.93. The Labute approximate surface area is 95.9 Å². The fourth-order valence-electron chi connectivity index (χ4n) is 1.72. The summed E-state index contributed by atoms with van der Waals surface area (Å²) in [6.45, 7) is 2.87. The third-order valence-electron chi connectivity index (χ3n) is 2.76. The number of benzene rings is 1. The summed E-state index contributed by atoms with van der Waals surface area (Å²) in [7, 11) is 0. The van der Waals surface area contributed by atoms with Gasteiger partial charge < -0.3 is 5.73 Å². The molecule has 0 bridgehead atoms. The predicted molar refractivity (Wildman–Crippen MR) is 65.0 cm³/mol. The molecule has 0 saturated carbocycles. The van der Waals surface area contributed by atoms with Crippen LogP contribution in [0.4, 0.5) is 0 Å². The van der Waals surface area contributed by atoms with E-state index in [1.165, 1.54) is 5.56 Å². The monoisotopic (exact) mass is 215 g/mol. The van der Waals surface area contributed by atoms with E-state index < -0.39 is 0 Å². The Bertz CT molecular complexity index is 417. The van der Waals surface area contributed by atoms with Crippen molar-refractivity contribution < 1.29 is 0 Å². The van der Waals surface area contributed by atoms with Gasteiger partial charge in [0.2, 0.25) is 0 Å². The molecule has 0 amide bonds. The standard InChI is InChI=1S/C13H17N3/c1-2-11-4-6-12(7-5-11)13(14)10-16-9-3-8-15-16/h3-9,13H,2,10,14H2,1H3. The van der Waals surface area contributed by atoms with Crippen molar-refractivity contribution in [2.24, 2.45) is 5.73 Å². The first-order chi connectivity index (χ1) is 7.79. The van der Waals surface area contributed by atoms with Gasteiger partial charge in [-0.3, -0.25) is 4.68 Å². The SMILES string of the molecule is CCc1ccc(C(N)Cn2cccn2)cc1. The number of aryl methyl sites for hydroxylation is 1. The molecule has 0 fully saturated rings. The van der Waals surface area contributed by atoms with Crippen LogP contribution in [-0.2, 0) is 13.0 Å². The van der Waals surface area contributed by atoms with E-state index in [4.69, 9.17) is 5.73 Å². The zero-order chi connectivity index (χ0) is 11.4. The molecule has 0 saturated heterocycles. The van der Waals surface area contributed by atoms with E-state index in [1.54, 1.807) is 6.20 Å². The van der Waals surface area contributed by atoms with Crippen molar-refractivity contribution in [3.63, 3.8) is 0 Å². The highest BCUT2D eigenvalue weighted by molar-refractivity contribution is 5.24. The molecule has 1 aromatic heterocycles. The molecule has 1 atom stereocenters. The summed E-state index contributed by atoms with van der Waals surface area (Å²) in [5.74, 6) is 0. The number of nitrogens with two attached hydrogens (primary N) is 1. The molecule has 1 heterocycles. The van der Waals surface area contributed by atoms with E-state index in [2.05, 4.69) is 36.3 Å². The number of nitrogens with zero attached hydrogens (tertiary/aromatic N) is 2. The van der Waals surface area contributed by atoms with Crippen molar-refractivity contribution in [1.82, 2.24) is 9.78 Å². The highest BCUT2D eigenvalue weighted by Gasteiger charge is 2.06. The van der Waals surface area contributed by atoms with E-state index in [0.717, 1.165) is 18.5 Å². The Morgan fingerprint density at radius 3 is 2.62 bits per heavy atom. The highest BCUT2D eigenvalue weighted by Crippen LogP contribution is 2.13. The lowest BCUT2D eigenvalue weighted by atomic mass is 10.0. The zero-order valence-corrected chi connectivity index (χ0v) is 9.50. The number of rotatable bonds is 4. The first kappa shape index (κ1) is 10.9. The molecule has 1 aromatic carbocycles. The molecule has 3 heteroatoms. The summed E-state index contributed by atoms with van der Waals surface area (Å²) in [5.41, 5.74) is 8.62. The van der Waals surface area contributed by atoms with Crippen LogP contribution in [-0.4, -0.2) is 9.78 Å². The van der Waals surface area contributed by atoms with Crippen LogP contribution in [0.1, 0.15) is 24.1 Å². The fourth-order valence-corrected chi connectivity index (χ4v) is 1.72. The van der Waals surface area contributed by atoms with Gasteiger partial charge in [-0.2, -0.15) is 5.10 Å². The maximum Gasteiger partial charge on any atom is 0.0602 e. The molecule has 1 unspecified atom stereocenters. The summed E-state index contributed by atoms with van der Waals surface area (Å²) >= 11 is 0. The number of hydrogen-bond acceptors (Lipinski definition) is 2. The van der Waals surface area contributed by atoms with Crippen molar-refractivity contribution in [1.29, 1.82) is 0 Å². The Kier molecular flexibility index (Phi) is 3.37. The fraction of sp³-hybridized carbons (Fsp3) is 0.308. The van der Waals surface area contributed by atoms with Crippen LogP contribution in [0.25, 0.3) is 0 Å².